The Morgan fingerprint density at radius 1 is 1.38 bits per heavy atom. The second-order valence-electron chi connectivity index (χ2n) is 4.05. The summed E-state index contributed by atoms with van der Waals surface area (Å²) in [6, 6.07) is 0.154. The lowest BCUT2D eigenvalue weighted by molar-refractivity contribution is 0.113. The summed E-state index contributed by atoms with van der Waals surface area (Å²) >= 11 is 0. The van der Waals surface area contributed by atoms with Crippen LogP contribution in [0.2, 0.25) is 0 Å². The molecule has 0 aromatic rings. The minimum Gasteiger partial charge on any atom is -0.395 e. The Morgan fingerprint density at radius 3 is 2.23 bits per heavy atom. The highest BCUT2D eigenvalue weighted by atomic mass is 16.3. The standard InChI is InChI=1S/C10H24N2O/c1-5-6-12(4)9(7-13)10(11)8(2)3/h8-10,13H,5-7,11H2,1-4H3. The molecule has 0 aromatic heterocycles. The Bertz CT molecular complexity index is 128. The number of nitrogens with two attached hydrogens (primary N) is 1. The highest BCUT2D eigenvalue weighted by Crippen LogP contribution is 2.09. The number of hydrogen-bond donors (Lipinski definition) is 2. The first-order valence-corrected chi connectivity index (χ1v) is 5.11. The molecule has 3 heteroatoms. The van der Waals surface area contributed by atoms with E-state index in [4.69, 9.17) is 5.73 Å². The molecular formula is C10H24N2O. The van der Waals surface area contributed by atoms with E-state index in [1.807, 2.05) is 7.05 Å². The van der Waals surface area contributed by atoms with Crippen molar-refractivity contribution in [2.24, 2.45) is 11.7 Å². The maximum absolute atomic E-state index is 9.22. The van der Waals surface area contributed by atoms with Crippen LogP contribution in [0.25, 0.3) is 0 Å². The van der Waals surface area contributed by atoms with Crippen LogP contribution in [-0.2, 0) is 0 Å². The lowest BCUT2D eigenvalue weighted by atomic mass is 9.97. The summed E-state index contributed by atoms with van der Waals surface area (Å²) in [4.78, 5) is 2.14. The normalized spacial score (nSPS) is 16.6. The van der Waals surface area contributed by atoms with Crippen molar-refractivity contribution >= 4 is 0 Å². The molecule has 0 fully saturated rings. The van der Waals surface area contributed by atoms with Gasteiger partial charge in [0.25, 0.3) is 0 Å². The average Bonchev–Trinajstić information content (AvgIpc) is 2.05. The first-order valence-electron chi connectivity index (χ1n) is 5.11. The van der Waals surface area contributed by atoms with Gasteiger partial charge in [0.1, 0.15) is 0 Å². The third-order valence-electron chi connectivity index (χ3n) is 2.54. The van der Waals surface area contributed by atoms with Crippen LogP contribution in [0.3, 0.4) is 0 Å². The number of rotatable bonds is 6. The van der Waals surface area contributed by atoms with Crippen LogP contribution in [0, 0.1) is 5.92 Å². The molecule has 0 saturated carbocycles. The maximum atomic E-state index is 9.22. The summed E-state index contributed by atoms with van der Waals surface area (Å²) in [6.45, 7) is 7.45. The van der Waals surface area contributed by atoms with E-state index in [1.54, 1.807) is 0 Å². The van der Waals surface area contributed by atoms with Crippen molar-refractivity contribution in [2.75, 3.05) is 20.2 Å². The maximum Gasteiger partial charge on any atom is 0.0601 e. The van der Waals surface area contributed by atoms with Gasteiger partial charge in [0.15, 0.2) is 0 Å². The monoisotopic (exact) mass is 188 g/mol. The van der Waals surface area contributed by atoms with Gasteiger partial charge in [-0.2, -0.15) is 0 Å². The van der Waals surface area contributed by atoms with Gasteiger partial charge in [-0.15, -0.1) is 0 Å². The molecule has 0 aliphatic heterocycles. The molecule has 0 saturated heterocycles. The van der Waals surface area contributed by atoms with Crippen molar-refractivity contribution in [1.82, 2.24) is 4.90 Å². The Labute approximate surface area is 81.9 Å². The number of aliphatic hydroxyl groups is 1. The lowest BCUT2D eigenvalue weighted by Gasteiger charge is -2.33. The smallest absolute Gasteiger partial charge is 0.0601 e. The molecule has 0 rings (SSSR count). The predicted molar refractivity (Wildman–Crippen MR) is 56.6 cm³/mol. The molecule has 2 unspecified atom stereocenters. The van der Waals surface area contributed by atoms with E-state index in [9.17, 15) is 5.11 Å². The zero-order chi connectivity index (χ0) is 10.4. The van der Waals surface area contributed by atoms with Crippen LogP contribution >= 0.6 is 0 Å². The van der Waals surface area contributed by atoms with Gasteiger partial charge in [0.05, 0.1) is 6.61 Å². The Kier molecular flexibility index (Phi) is 6.29. The highest BCUT2D eigenvalue weighted by molar-refractivity contribution is 4.82. The van der Waals surface area contributed by atoms with E-state index in [1.165, 1.54) is 0 Å². The molecule has 0 aromatic carbocycles. The van der Waals surface area contributed by atoms with Crippen LogP contribution in [0.4, 0.5) is 0 Å². The quantitative estimate of drug-likeness (QED) is 0.644. The van der Waals surface area contributed by atoms with Gasteiger partial charge in [0, 0.05) is 12.1 Å². The van der Waals surface area contributed by atoms with Gasteiger partial charge >= 0.3 is 0 Å². The summed E-state index contributed by atoms with van der Waals surface area (Å²) < 4.78 is 0. The molecule has 3 N–H and O–H groups in total. The minimum absolute atomic E-state index is 0.0570. The van der Waals surface area contributed by atoms with Gasteiger partial charge in [-0.05, 0) is 25.9 Å². The van der Waals surface area contributed by atoms with Gasteiger partial charge in [-0.25, -0.2) is 0 Å². The van der Waals surface area contributed by atoms with E-state index in [0.717, 1.165) is 13.0 Å². The molecule has 0 aliphatic rings. The minimum atomic E-state index is 0.0570. The fraction of sp³-hybridized carbons (Fsp3) is 1.00. The van der Waals surface area contributed by atoms with Gasteiger partial charge < -0.3 is 10.8 Å². The van der Waals surface area contributed by atoms with Gasteiger partial charge in [0.2, 0.25) is 0 Å². The van der Waals surface area contributed by atoms with E-state index in [2.05, 4.69) is 25.7 Å². The molecule has 13 heavy (non-hydrogen) atoms. The first-order chi connectivity index (χ1) is 6.04. The van der Waals surface area contributed by atoms with Crippen LogP contribution in [0.5, 0.6) is 0 Å². The van der Waals surface area contributed by atoms with E-state index in [0.29, 0.717) is 5.92 Å². The van der Waals surface area contributed by atoms with Crippen LogP contribution in [0.15, 0.2) is 0 Å². The molecule has 0 heterocycles. The number of aliphatic hydroxyl groups excluding tert-OH is 1. The molecule has 2 atom stereocenters. The van der Waals surface area contributed by atoms with Crippen LogP contribution < -0.4 is 5.73 Å². The largest absolute Gasteiger partial charge is 0.395 e. The Hall–Kier alpha value is -0.120. The van der Waals surface area contributed by atoms with E-state index in [-0.39, 0.29) is 18.7 Å². The molecular weight excluding hydrogens is 164 g/mol. The summed E-state index contributed by atoms with van der Waals surface area (Å²) in [6.07, 6.45) is 1.10. The van der Waals surface area contributed by atoms with Crippen molar-refractivity contribution in [3.05, 3.63) is 0 Å². The van der Waals surface area contributed by atoms with E-state index >= 15 is 0 Å². The Morgan fingerprint density at radius 2 is 1.92 bits per heavy atom. The molecule has 3 nitrogen and oxygen atoms in total. The predicted octanol–water partition coefficient (Wildman–Crippen LogP) is 0.672. The molecule has 80 valence electrons. The molecule has 0 aliphatic carbocycles. The SMILES string of the molecule is CCCN(C)C(CO)C(N)C(C)C. The third kappa shape index (κ3) is 4.07. The first kappa shape index (κ1) is 12.9. The summed E-state index contributed by atoms with van der Waals surface area (Å²) in [5.74, 6) is 0.413. The summed E-state index contributed by atoms with van der Waals surface area (Å²) in [7, 11) is 2.02. The number of hydrogen-bond acceptors (Lipinski definition) is 3. The molecule has 0 amide bonds. The summed E-state index contributed by atoms with van der Waals surface area (Å²) in [5.41, 5.74) is 6.00. The highest BCUT2D eigenvalue weighted by Gasteiger charge is 2.23. The van der Waals surface area contributed by atoms with Crippen molar-refractivity contribution in [3.63, 3.8) is 0 Å². The average molecular weight is 188 g/mol. The van der Waals surface area contributed by atoms with Gasteiger partial charge in [-0.3, -0.25) is 4.90 Å². The lowest BCUT2D eigenvalue weighted by Crippen LogP contribution is -2.51. The fourth-order valence-corrected chi connectivity index (χ4v) is 1.52. The van der Waals surface area contributed by atoms with Crippen LogP contribution in [0.1, 0.15) is 27.2 Å². The number of likely N-dealkylation sites (N-methyl/N-ethyl adjacent to an activating group) is 1. The van der Waals surface area contributed by atoms with Crippen LogP contribution in [-0.4, -0.2) is 42.3 Å². The topological polar surface area (TPSA) is 49.5 Å². The fourth-order valence-electron chi connectivity index (χ4n) is 1.52. The van der Waals surface area contributed by atoms with Crippen molar-refractivity contribution < 1.29 is 5.11 Å². The van der Waals surface area contributed by atoms with Crippen molar-refractivity contribution in [3.8, 4) is 0 Å². The molecule has 0 radical (unpaired) electrons. The van der Waals surface area contributed by atoms with Crippen molar-refractivity contribution in [2.45, 2.75) is 39.3 Å². The second kappa shape index (κ2) is 6.35. The zero-order valence-electron chi connectivity index (χ0n) is 9.33. The molecule has 0 bridgehead atoms. The van der Waals surface area contributed by atoms with Gasteiger partial charge in [-0.1, -0.05) is 20.8 Å². The van der Waals surface area contributed by atoms with Crippen molar-refractivity contribution in [1.29, 1.82) is 0 Å². The second-order valence-corrected chi connectivity index (χ2v) is 4.05. The third-order valence-corrected chi connectivity index (χ3v) is 2.54. The Balaban J connectivity index is 4.14. The van der Waals surface area contributed by atoms with E-state index < -0.39 is 0 Å². The molecule has 0 spiro atoms. The summed E-state index contributed by atoms with van der Waals surface area (Å²) in [5, 5.41) is 9.22. The number of nitrogens with zero attached hydrogens (tertiary/aromatic N) is 1. The zero-order valence-corrected chi connectivity index (χ0v) is 9.33.